The van der Waals surface area contributed by atoms with Crippen LogP contribution in [-0.2, 0) is 21.2 Å². The first-order chi connectivity index (χ1) is 13.5. The summed E-state index contributed by atoms with van der Waals surface area (Å²) >= 11 is 0. The first-order valence-electron chi connectivity index (χ1n) is 9.52. The van der Waals surface area contributed by atoms with Gasteiger partial charge in [-0.3, -0.25) is 9.80 Å². The molecular formula is C21H23N3O3S. The van der Waals surface area contributed by atoms with E-state index in [1.165, 1.54) is 0 Å². The Morgan fingerprint density at radius 1 is 1.00 bits per heavy atom. The van der Waals surface area contributed by atoms with Gasteiger partial charge >= 0.3 is 0 Å². The molecule has 28 heavy (non-hydrogen) atoms. The van der Waals surface area contributed by atoms with Gasteiger partial charge in [-0.05, 0) is 49.4 Å². The van der Waals surface area contributed by atoms with E-state index < -0.39 is 15.7 Å². The molecule has 2 aliphatic heterocycles. The second kappa shape index (κ2) is 7.39. The average Bonchev–Trinajstić information content (AvgIpc) is 2.72. The predicted molar refractivity (Wildman–Crippen MR) is 109 cm³/mol. The SMILES string of the molecule is Cc1ccccc1CN1N=C(C(=O)N2CCCCC2)S(=O)(=O)c2ccccc21. The van der Waals surface area contributed by atoms with Crippen LogP contribution in [0.3, 0.4) is 0 Å². The summed E-state index contributed by atoms with van der Waals surface area (Å²) in [5.41, 5.74) is 2.62. The molecule has 2 aliphatic rings. The number of anilines is 1. The Kier molecular flexibility index (Phi) is 4.93. The van der Waals surface area contributed by atoms with Crippen molar-refractivity contribution >= 4 is 26.5 Å². The Hall–Kier alpha value is -2.67. The smallest absolute Gasteiger partial charge is 0.286 e. The maximum atomic E-state index is 13.1. The molecule has 0 radical (unpaired) electrons. The van der Waals surface area contributed by atoms with Gasteiger partial charge < -0.3 is 4.90 Å². The molecular weight excluding hydrogens is 374 g/mol. The number of likely N-dealkylation sites (tertiary alicyclic amines) is 1. The fourth-order valence-electron chi connectivity index (χ4n) is 3.68. The zero-order valence-electron chi connectivity index (χ0n) is 15.8. The highest BCUT2D eigenvalue weighted by Crippen LogP contribution is 2.33. The quantitative estimate of drug-likeness (QED) is 0.798. The van der Waals surface area contributed by atoms with Crippen molar-refractivity contribution < 1.29 is 13.2 Å². The standard InChI is InChI=1S/C21H23N3O3S/c1-16-9-3-4-10-17(16)15-24-18-11-5-6-12-19(18)28(26,27)20(22-24)21(25)23-13-7-2-8-14-23/h3-6,9-12H,2,7-8,13-15H2,1H3. The molecule has 2 heterocycles. The molecule has 1 fully saturated rings. The first-order valence-corrected chi connectivity index (χ1v) is 11.0. The topological polar surface area (TPSA) is 70.1 Å². The molecule has 0 aliphatic carbocycles. The molecule has 0 saturated carbocycles. The molecule has 2 aromatic rings. The van der Waals surface area contributed by atoms with Crippen molar-refractivity contribution in [2.45, 2.75) is 37.6 Å². The number of hydrogen-bond acceptors (Lipinski definition) is 5. The summed E-state index contributed by atoms with van der Waals surface area (Å²) in [4.78, 5) is 14.8. The molecule has 0 spiro atoms. The fraction of sp³-hybridized carbons (Fsp3) is 0.333. The lowest BCUT2D eigenvalue weighted by Gasteiger charge is -2.31. The van der Waals surface area contributed by atoms with Gasteiger partial charge in [0.1, 0.15) is 0 Å². The van der Waals surface area contributed by atoms with E-state index in [0.717, 1.165) is 30.4 Å². The normalized spacial score (nSPS) is 18.4. The minimum Gasteiger partial charge on any atom is -0.337 e. The zero-order valence-corrected chi connectivity index (χ0v) is 16.7. The third kappa shape index (κ3) is 3.30. The van der Waals surface area contributed by atoms with Crippen LogP contribution in [0.1, 0.15) is 30.4 Å². The first kappa shape index (κ1) is 18.7. The Balaban J connectivity index is 1.77. The van der Waals surface area contributed by atoms with Gasteiger partial charge in [0.05, 0.1) is 17.1 Å². The number of carbonyl (C=O) groups is 1. The minimum atomic E-state index is -3.95. The molecule has 6 nitrogen and oxygen atoms in total. The van der Waals surface area contributed by atoms with Crippen molar-refractivity contribution in [3.8, 4) is 0 Å². The molecule has 1 saturated heterocycles. The van der Waals surface area contributed by atoms with Crippen LogP contribution in [0.4, 0.5) is 5.69 Å². The lowest BCUT2D eigenvalue weighted by molar-refractivity contribution is -0.124. The van der Waals surface area contributed by atoms with Gasteiger partial charge in [-0.25, -0.2) is 8.42 Å². The summed E-state index contributed by atoms with van der Waals surface area (Å²) in [5, 5.41) is 5.62. The molecule has 0 N–H and O–H groups in total. The second-order valence-corrected chi connectivity index (χ2v) is 9.05. The van der Waals surface area contributed by atoms with Gasteiger partial charge in [0.15, 0.2) is 0 Å². The van der Waals surface area contributed by atoms with E-state index in [9.17, 15) is 13.2 Å². The van der Waals surface area contributed by atoms with Gasteiger partial charge in [0, 0.05) is 13.1 Å². The van der Waals surface area contributed by atoms with E-state index >= 15 is 0 Å². The highest BCUT2D eigenvalue weighted by atomic mass is 32.2. The van der Waals surface area contributed by atoms with E-state index in [0.29, 0.717) is 25.3 Å². The number of carbonyl (C=O) groups excluding carboxylic acids is 1. The number of nitrogens with zero attached hydrogens (tertiary/aromatic N) is 3. The van der Waals surface area contributed by atoms with Crippen molar-refractivity contribution in [2.24, 2.45) is 5.10 Å². The molecule has 0 bridgehead atoms. The molecule has 4 rings (SSSR count). The van der Waals surface area contributed by atoms with Crippen LogP contribution < -0.4 is 5.01 Å². The lowest BCUT2D eigenvalue weighted by Crippen LogP contribution is -2.45. The van der Waals surface area contributed by atoms with Crippen LogP contribution in [0.2, 0.25) is 0 Å². The Morgan fingerprint density at radius 2 is 1.68 bits per heavy atom. The maximum absolute atomic E-state index is 13.1. The fourth-order valence-corrected chi connectivity index (χ4v) is 5.16. The maximum Gasteiger partial charge on any atom is 0.286 e. The molecule has 146 valence electrons. The lowest BCUT2D eigenvalue weighted by atomic mass is 10.1. The number of hydrazone groups is 1. The number of amides is 1. The van der Waals surface area contributed by atoms with Crippen molar-refractivity contribution in [3.05, 3.63) is 59.7 Å². The zero-order chi connectivity index (χ0) is 19.7. The van der Waals surface area contributed by atoms with E-state index in [-0.39, 0.29) is 9.94 Å². The number of para-hydroxylation sites is 1. The van der Waals surface area contributed by atoms with E-state index in [4.69, 9.17) is 0 Å². The summed E-state index contributed by atoms with van der Waals surface area (Å²) in [6, 6.07) is 14.6. The number of sulfone groups is 1. The van der Waals surface area contributed by atoms with Crippen LogP contribution in [0.25, 0.3) is 0 Å². The van der Waals surface area contributed by atoms with Crippen molar-refractivity contribution in [2.75, 3.05) is 18.1 Å². The molecule has 0 aromatic heterocycles. The summed E-state index contributed by atoms with van der Waals surface area (Å²) < 4.78 is 26.3. The second-order valence-electron chi connectivity index (χ2n) is 7.21. The number of hydrogen-bond donors (Lipinski definition) is 0. The van der Waals surface area contributed by atoms with Crippen LogP contribution in [0.5, 0.6) is 0 Å². The van der Waals surface area contributed by atoms with Gasteiger partial charge in [-0.1, -0.05) is 36.4 Å². The van der Waals surface area contributed by atoms with Gasteiger partial charge in [0.25, 0.3) is 5.91 Å². The molecule has 0 atom stereocenters. The summed E-state index contributed by atoms with van der Waals surface area (Å²) in [6.45, 7) is 3.56. The number of rotatable bonds is 3. The van der Waals surface area contributed by atoms with E-state index in [1.807, 2.05) is 31.2 Å². The Morgan fingerprint density at radius 3 is 2.43 bits per heavy atom. The molecule has 2 aromatic carbocycles. The van der Waals surface area contributed by atoms with Crippen LogP contribution >= 0.6 is 0 Å². The van der Waals surface area contributed by atoms with Gasteiger partial charge in [-0.2, -0.15) is 5.10 Å². The molecule has 0 unspecified atom stereocenters. The third-order valence-corrected chi connectivity index (χ3v) is 7.00. The monoisotopic (exact) mass is 397 g/mol. The van der Waals surface area contributed by atoms with Crippen molar-refractivity contribution in [1.82, 2.24) is 4.90 Å². The number of benzene rings is 2. The summed E-state index contributed by atoms with van der Waals surface area (Å²) in [7, 11) is -3.95. The number of fused-ring (bicyclic) bond motifs is 1. The van der Waals surface area contributed by atoms with Crippen LogP contribution in [-0.4, -0.2) is 37.4 Å². The van der Waals surface area contributed by atoms with E-state index in [1.54, 1.807) is 34.2 Å². The van der Waals surface area contributed by atoms with Crippen LogP contribution in [0, 0.1) is 6.92 Å². The molecule has 7 heteroatoms. The highest BCUT2D eigenvalue weighted by molar-refractivity contribution is 8.08. The third-order valence-electron chi connectivity index (χ3n) is 5.31. The van der Waals surface area contributed by atoms with E-state index in [2.05, 4.69) is 5.10 Å². The predicted octanol–water partition coefficient (Wildman–Crippen LogP) is 3.11. The average molecular weight is 398 g/mol. The number of piperidine rings is 1. The summed E-state index contributed by atoms with van der Waals surface area (Å²) in [5.74, 6) is -0.496. The Bertz CT molecular complexity index is 1040. The van der Waals surface area contributed by atoms with Crippen LogP contribution in [0.15, 0.2) is 58.5 Å². The Labute approximate surface area is 165 Å². The minimum absolute atomic E-state index is 0.138. The largest absolute Gasteiger partial charge is 0.337 e. The van der Waals surface area contributed by atoms with Crippen molar-refractivity contribution in [3.63, 3.8) is 0 Å². The number of aryl methyl sites for hydroxylation is 1. The van der Waals surface area contributed by atoms with Gasteiger partial charge in [0.2, 0.25) is 14.9 Å². The molecule has 1 amide bonds. The highest BCUT2D eigenvalue weighted by Gasteiger charge is 2.39. The van der Waals surface area contributed by atoms with Crippen molar-refractivity contribution in [1.29, 1.82) is 0 Å². The summed E-state index contributed by atoms with van der Waals surface area (Å²) in [6.07, 6.45) is 2.84. The van der Waals surface area contributed by atoms with Gasteiger partial charge in [-0.15, -0.1) is 0 Å².